The zero-order chi connectivity index (χ0) is 36.5. The van der Waals surface area contributed by atoms with Crippen LogP contribution in [0.4, 0.5) is 4.79 Å². The Labute approximate surface area is 295 Å². The summed E-state index contributed by atoms with van der Waals surface area (Å²) in [5.41, 5.74) is 5.14. The predicted octanol–water partition coefficient (Wildman–Crippen LogP) is 2.40. The van der Waals surface area contributed by atoms with E-state index in [0.717, 1.165) is 44.9 Å². The third-order valence-corrected chi connectivity index (χ3v) is 13.4. The fourth-order valence-electron chi connectivity index (χ4n) is 8.11. The summed E-state index contributed by atoms with van der Waals surface area (Å²) in [5, 5.41) is 8.69. The van der Waals surface area contributed by atoms with E-state index < -0.39 is 57.8 Å². The second-order valence-corrected chi connectivity index (χ2v) is 17.8. The lowest BCUT2D eigenvalue weighted by Crippen LogP contribution is -2.61. The maximum atomic E-state index is 14.5. The molecule has 0 spiro atoms. The van der Waals surface area contributed by atoms with Crippen LogP contribution < -0.4 is 21.7 Å². The highest BCUT2D eigenvalue weighted by atomic mass is 32.2. The van der Waals surface area contributed by atoms with Crippen LogP contribution in [0.5, 0.6) is 0 Å². The molecule has 1 aromatic carbocycles. The summed E-state index contributed by atoms with van der Waals surface area (Å²) >= 11 is 0. The highest BCUT2D eigenvalue weighted by molar-refractivity contribution is 7.89. The number of Topliss-reactive ketones (excluding diaryl/α,β-unsaturated/α-hetero) is 1. The van der Waals surface area contributed by atoms with Gasteiger partial charge in [0.15, 0.2) is 0 Å². The summed E-state index contributed by atoms with van der Waals surface area (Å²) in [6.07, 6.45) is 6.49. The van der Waals surface area contributed by atoms with Crippen LogP contribution in [-0.2, 0) is 29.2 Å². The van der Waals surface area contributed by atoms with Crippen molar-refractivity contribution >= 4 is 39.6 Å². The number of benzene rings is 1. The maximum absolute atomic E-state index is 14.5. The number of nitrogens with zero attached hydrogens (tertiary/aromatic N) is 2. The first-order valence-electron chi connectivity index (χ1n) is 18.1. The van der Waals surface area contributed by atoms with Gasteiger partial charge in [-0.05, 0) is 66.4 Å². The van der Waals surface area contributed by atoms with Crippen molar-refractivity contribution in [3.8, 4) is 0 Å². The topological polar surface area (TPSA) is 188 Å². The number of likely N-dealkylation sites (tertiary alicyclic amines) is 1. The molecule has 1 saturated heterocycles. The van der Waals surface area contributed by atoms with E-state index in [4.69, 9.17) is 5.73 Å². The number of ketones is 1. The van der Waals surface area contributed by atoms with Gasteiger partial charge in [-0.2, -0.15) is 4.31 Å². The lowest BCUT2D eigenvalue weighted by atomic mass is 9.83. The van der Waals surface area contributed by atoms with Crippen molar-refractivity contribution in [2.45, 2.75) is 108 Å². The van der Waals surface area contributed by atoms with Gasteiger partial charge in [-0.1, -0.05) is 78.0 Å². The second-order valence-electron chi connectivity index (χ2n) is 15.8. The fourth-order valence-corrected chi connectivity index (χ4v) is 9.33. The number of sulfonamides is 1. The number of fused-ring (bicyclic) bond motifs is 1. The molecule has 0 bridgehead atoms. The van der Waals surface area contributed by atoms with Crippen molar-refractivity contribution in [3.05, 3.63) is 30.3 Å². The summed E-state index contributed by atoms with van der Waals surface area (Å²) in [6, 6.07) is 4.14. The average Bonchev–Trinajstić information content (AvgIpc) is 3.94. The Morgan fingerprint density at radius 1 is 0.960 bits per heavy atom. The molecule has 5 rings (SSSR count). The lowest BCUT2D eigenvalue weighted by Gasteiger charge is -2.37. The summed E-state index contributed by atoms with van der Waals surface area (Å²) in [5.74, 6) is -2.87. The number of carbonyl (C=O) groups is 5. The highest BCUT2D eigenvalue weighted by Gasteiger charge is 2.69. The van der Waals surface area contributed by atoms with E-state index in [-0.39, 0.29) is 52.4 Å². The molecule has 13 nitrogen and oxygen atoms in total. The summed E-state index contributed by atoms with van der Waals surface area (Å²) in [7, 11) is -2.32. The Morgan fingerprint density at radius 2 is 1.60 bits per heavy atom. The molecule has 3 saturated carbocycles. The van der Waals surface area contributed by atoms with Gasteiger partial charge in [0.05, 0.1) is 10.9 Å². The van der Waals surface area contributed by atoms with Crippen LogP contribution in [-0.4, -0.2) is 91.5 Å². The summed E-state index contributed by atoms with van der Waals surface area (Å²) in [4.78, 5) is 68.5. The van der Waals surface area contributed by atoms with E-state index >= 15 is 0 Å². The number of nitrogens with two attached hydrogens (primary N) is 1. The third-order valence-electron chi connectivity index (χ3n) is 11.6. The molecule has 1 heterocycles. The van der Waals surface area contributed by atoms with Crippen LogP contribution in [0.15, 0.2) is 35.2 Å². The Kier molecular flexibility index (Phi) is 11.3. The Balaban J connectivity index is 1.33. The van der Waals surface area contributed by atoms with Crippen LogP contribution >= 0.6 is 0 Å². The zero-order valence-corrected chi connectivity index (χ0v) is 30.7. The van der Waals surface area contributed by atoms with E-state index in [1.165, 1.54) is 23.5 Å². The first kappa shape index (κ1) is 37.7. The van der Waals surface area contributed by atoms with Gasteiger partial charge in [-0.15, -0.1) is 0 Å². The number of urea groups is 1. The average molecular weight is 715 g/mol. The molecule has 1 aliphatic heterocycles. The quantitative estimate of drug-likeness (QED) is 0.201. The number of carbonyl (C=O) groups excluding carboxylic acids is 5. The van der Waals surface area contributed by atoms with Crippen LogP contribution in [0.2, 0.25) is 0 Å². The molecule has 6 atom stereocenters. The first-order chi connectivity index (χ1) is 23.5. The lowest BCUT2D eigenvalue weighted by molar-refractivity contribution is -0.144. The van der Waals surface area contributed by atoms with Crippen molar-refractivity contribution in [3.63, 3.8) is 0 Å². The van der Waals surface area contributed by atoms with Crippen molar-refractivity contribution in [2.75, 3.05) is 20.1 Å². The SMILES string of the molecule is CC(C)[C@@H](CN(C)S(=O)(=O)c1ccccc1)NC(=O)N[C@H](C(=O)N1C[C@H]2[C@@H]([C@H]1C(=O)NC(CC1CC1)C(=O)C(N)=O)C2(C)C)C1CCCCC1. The molecule has 1 aromatic rings. The highest BCUT2D eigenvalue weighted by Crippen LogP contribution is 2.65. The van der Waals surface area contributed by atoms with Gasteiger partial charge >= 0.3 is 6.03 Å². The van der Waals surface area contributed by atoms with Crippen molar-refractivity contribution in [2.24, 2.45) is 40.7 Å². The minimum atomic E-state index is -3.80. The number of amides is 5. The maximum Gasteiger partial charge on any atom is 0.315 e. The van der Waals surface area contributed by atoms with Gasteiger partial charge in [0.25, 0.3) is 5.91 Å². The summed E-state index contributed by atoms with van der Waals surface area (Å²) in [6.45, 7) is 8.26. The number of primary amides is 1. The van der Waals surface area contributed by atoms with E-state index in [1.807, 2.05) is 13.8 Å². The molecule has 3 aliphatic carbocycles. The number of hydrogen-bond donors (Lipinski definition) is 4. The van der Waals surface area contributed by atoms with Gasteiger partial charge in [-0.3, -0.25) is 19.2 Å². The van der Waals surface area contributed by atoms with Gasteiger partial charge in [0.2, 0.25) is 27.6 Å². The number of nitrogens with one attached hydrogen (secondary N) is 3. The zero-order valence-electron chi connectivity index (χ0n) is 29.9. The number of rotatable bonds is 15. The van der Waals surface area contributed by atoms with Gasteiger partial charge in [-0.25, -0.2) is 13.2 Å². The molecule has 4 aliphatic rings. The third kappa shape index (κ3) is 8.17. The van der Waals surface area contributed by atoms with E-state index in [0.29, 0.717) is 13.0 Å². The molecule has 14 heteroatoms. The summed E-state index contributed by atoms with van der Waals surface area (Å²) < 4.78 is 27.7. The smallest absolute Gasteiger partial charge is 0.315 e. The standard InChI is InChI=1S/C36H54N6O7S/c1-21(2)27(20-41(5)50(48,49)24-14-10-7-11-15-24)39-35(47)40-29(23-12-8-6-9-13-23)34(46)42-19-25-28(36(25,3)4)30(42)33(45)38-26(18-22-16-17-22)31(43)32(37)44/h7,10-11,14-15,21-23,25-30H,6,8-9,12-13,16-20H2,1-5H3,(H2,37,44)(H,38,45)(H2,39,40,47)/t25-,26?,27+,28-,29-,30-/m0/s1. The Morgan fingerprint density at radius 3 is 2.18 bits per heavy atom. The largest absolute Gasteiger partial charge is 0.363 e. The molecule has 4 fully saturated rings. The first-order valence-corrected chi connectivity index (χ1v) is 19.5. The number of hydrogen-bond acceptors (Lipinski definition) is 7. The molecule has 1 unspecified atom stereocenters. The van der Waals surface area contributed by atoms with Gasteiger partial charge < -0.3 is 26.6 Å². The molecule has 50 heavy (non-hydrogen) atoms. The van der Waals surface area contributed by atoms with E-state index in [1.54, 1.807) is 23.1 Å². The molecular formula is C36H54N6O7S. The van der Waals surface area contributed by atoms with Crippen LogP contribution in [0.25, 0.3) is 0 Å². The van der Waals surface area contributed by atoms with Crippen LogP contribution in [0.1, 0.15) is 79.1 Å². The molecule has 276 valence electrons. The van der Waals surface area contributed by atoms with Gasteiger partial charge in [0, 0.05) is 26.2 Å². The van der Waals surface area contributed by atoms with Crippen LogP contribution in [0.3, 0.4) is 0 Å². The number of piperidine rings is 1. The van der Waals surface area contributed by atoms with Crippen molar-refractivity contribution in [1.29, 1.82) is 0 Å². The molecule has 0 radical (unpaired) electrons. The number of likely N-dealkylation sites (N-methyl/N-ethyl adjacent to an activating group) is 1. The molecule has 5 amide bonds. The van der Waals surface area contributed by atoms with Crippen molar-refractivity contribution < 1.29 is 32.4 Å². The van der Waals surface area contributed by atoms with E-state index in [9.17, 15) is 32.4 Å². The predicted molar refractivity (Wildman–Crippen MR) is 187 cm³/mol. The molecule has 0 aromatic heterocycles. The molecule has 5 N–H and O–H groups in total. The normalized spacial score (nSPS) is 24.9. The monoisotopic (exact) mass is 714 g/mol. The van der Waals surface area contributed by atoms with E-state index in [2.05, 4.69) is 29.8 Å². The van der Waals surface area contributed by atoms with Crippen LogP contribution in [0, 0.1) is 35.0 Å². The minimum absolute atomic E-state index is 0.0171. The van der Waals surface area contributed by atoms with Crippen molar-refractivity contribution in [1.82, 2.24) is 25.2 Å². The Hall–Kier alpha value is -3.52. The van der Waals surface area contributed by atoms with Gasteiger partial charge in [0.1, 0.15) is 12.1 Å². The Bertz CT molecular complexity index is 1560. The fraction of sp³-hybridized carbons (Fsp3) is 0.694. The minimum Gasteiger partial charge on any atom is -0.363 e. The molecular weight excluding hydrogens is 660 g/mol. The second kappa shape index (κ2) is 15.0.